The number of β-amino-alcohol motifs (C(OH)–C–C–N with tert-alkyl or cyclic N) is 1. The number of aliphatic hydroxyl groups excluding tert-OH is 1. The third-order valence-corrected chi connectivity index (χ3v) is 5.87. The Morgan fingerprint density at radius 1 is 1.27 bits per heavy atom. The fraction of sp³-hybridized carbons (Fsp3) is 0.571. The van der Waals surface area contributed by atoms with Crippen molar-refractivity contribution in [2.75, 3.05) is 32.9 Å². The number of aliphatic hydroxyl groups is 1. The van der Waals surface area contributed by atoms with Crippen LogP contribution in [0.4, 0.5) is 8.78 Å². The molecule has 1 aromatic rings. The maximum Gasteiger partial charge on any atom is 0.214 e. The highest BCUT2D eigenvalue weighted by Crippen LogP contribution is 2.23. The van der Waals surface area contributed by atoms with Gasteiger partial charge in [0, 0.05) is 45.2 Å². The first-order valence-corrected chi connectivity index (χ1v) is 8.55. The maximum atomic E-state index is 13.6. The summed E-state index contributed by atoms with van der Waals surface area (Å²) in [6, 6.07) is 3.65. The van der Waals surface area contributed by atoms with Crippen LogP contribution in [0.3, 0.4) is 0 Å². The highest BCUT2D eigenvalue weighted by atomic mass is 32.2. The molecule has 0 saturated carbocycles. The van der Waals surface area contributed by atoms with Crippen molar-refractivity contribution < 1.29 is 22.3 Å². The topological polar surface area (TPSA) is 60.9 Å². The first kappa shape index (κ1) is 17.3. The maximum absolute atomic E-state index is 13.6. The van der Waals surface area contributed by atoms with Gasteiger partial charge in [-0.15, -0.1) is 0 Å². The minimum Gasteiger partial charge on any atom is -0.391 e. The molecule has 2 rings (SSSR count). The van der Waals surface area contributed by atoms with Gasteiger partial charge in [-0.3, -0.25) is 4.90 Å². The number of likely N-dealkylation sites (tertiary alicyclic amines) is 1. The molecule has 2 atom stereocenters. The van der Waals surface area contributed by atoms with E-state index in [1.165, 1.54) is 32.3 Å². The van der Waals surface area contributed by atoms with E-state index in [9.17, 15) is 22.3 Å². The molecule has 0 aliphatic carbocycles. The van der Waals surface area contributed by atoms with Crippen LogP contribution in [-0.2, 0) is 16.6 Å². The quantitative estimate of drug-likeness (QED) is 0.859. The van der Waals surface area contributed by atoms with Crippen LogP contribution in [0.2, 0.25) is 0 Å². The van der Waals surface area contributed by atoms with E-state index in [0.29, 0.717) is 0 Å². The monoisotopic (exact) mass is 334 g/mol. The number of benzene rings is 1. The summed E-state index contributed by atoms with van der Waals surface area (Å²) in [5, 5.41) is 10.0. The van der Waals surface area contributed by atoms with Crippen molar-refractivity contribution in [3.63, 3.8) is 0 Å². The third-order valence-electron chi connectivity index (χ3n) is 3.91. The van der Waals surface area contributed by atoms with Crippen LogP contribution >= 0.6 is 0 Å². The summed E-state index contributed by atoms with van der Waals surface area (Å²) >= 11 is 0. The Balaban J connectivity index is 2.05. The number of hydrogen-bond acceptors (Lipinski definition) is 4. The summed E-state index contributed by atoms with van der Waals surface area (Å²) in [5.74, 6) is -1.93. The molecule has 0 aromatic heterocycles. The molecule has 0 bridgehead atoms. The zero-order valence-corrected chi connectivity index (χ0v) is 13.4. The van der Waals surface area contributed by atoms with Crippen molar-refractivity contribution >= 4 is 10.0 Å². The van der Waals surface area contributed by atoms with Gasteiger partial charge in [-0.2, -0.15) is 0 Å². The molecule has 1 aliphatic rings. The van der Waals surface area contributed by atoms with Crippen molar-refractivity contribution in [1.82, 2.24) is 9.21 Å². The van der Waals surface area contributed by atoms with Gasteiger partial charge >= 0.3 is 0 Å². The van der Waals surface area contributed by atoms with E-state index < -0.39 is 33.7 Å². The third kappa shape index (κ3) is 3.81. The van der Waals surface area contributed by atoms with E-state index in [4.69, 9.17) is 0 Å². The Morgan fingerprint density at radius 3 is 2.41 bits per heavy atom. The second-order valence-electron chi connectivity index (χ2n) is 5.78. The minimum atomic E-state index is -3.43. The molecule has 124 valence electrons. The number of hydrogen-bond donors (Lipinski definition) is 1. The van der Waals surface area contributed by atoms with Crippen molar-refractivity contribution in [1.29, 1.82) is 0 Å². The molecule has 8 heteroatoms. The van der Waals surface area contributed by atoms with E-state index in [0.717, 1.165) is 4.31 Å². The largest absolute Gasteiger partial charge is 0.391 e. The highest BCUT2D eigenvalue weighted by molar-refractivity contribution is 7.89. The summed E-state index contributed by atoms with van der Waals surface area (Å²) < 4.78 is 52.2. The molecule has 1 saturated heterocycles. The van der Waals surface area contributed by atoms with Crippen molar-refractivity contribution in [2.45, 2.75) is 12.6 Å². The van der Waals surface area contributed by atoms with E-state index in [-0.39, 0.29) is 31.0 Å². The Kier molecular flexibility index (Phi) is 5.16. The summed E-state index contributed by atoms with van der Waals surface area (Å²) in [4.78, 5) is 1.67. The Hall–Kier alpha value is -1.09. The predicted molar refractivity (Wildman–Crippen MR) is 78.6 cm³/mol. The summed E-state index contributed by atoms with van der Waals surface area (Å²) in [7, 11) is -0.561. The van der Waals surface area contributed by atoms with Gasteiger partial charge in [0.2, 0.25) is 10.0 Å². The van der Waals surface area contributed by atoms with Crippen LogP contribution in [-0.4, -0.2) is 61.8 Å². The zero-order chi connectivity index (χ0) is 16.5. The summed E-state index contributed by atoms with van der Waals surface area (Å²) in [6.07, 6.45) is -0.829. The molecule has 1 aromatic carbocycles. The number of rotatable bonds is 5. The smallest absolute Gasteiger partial charge is 0.214 e. The van der Waals surface area contributed by atoms with Gasteiger partial charge in [0.1, 0.15) is 11.6 Å². The molecule has 0 amide bonds. The minimum absolute atomic E-state index is 0.00801. The van der Waals surface area contributed by atoms with Gasteiger partial charge in [0.25, 0.3) is 0 Å². The van der Waals surface area contributed by atoms with Crippen LogP contribution in [0, 0.1) is 17.6 Å². The van der Waals surface area contributed by atoms with Crippen LogP contribution in [0.25, 0.3) is 0 Å². The van der Waals surface area contributed by atoms with E-state index in [2.05, 4.69) is 0 Å². The molecule has 0 spiro atoms. The van der Waals surface area contributed by atoms with Gasteiger partial charge in [-0.25, -0.2) is 21.5 Å². The van der Waals surface area contributed by atoms with Gasteiger partial charge in [-0.05, 0) is 12.1 Å². The van der Waals surface area contributed by atoms with Crippen LogP contribution in [0.15, 0.2) is 18.2 Å². The molecule has 5 nitrogen and oxygen atoms in total. The highest BCUT2D eigenvalue weighted by Gasteiger charge is 2.35. The van der Waals surface area contributed by atoms with Crippen LogP contribution < -0.4 is 0 Å². The molecule has 1 aliphatic heterocycles. The molecular weight excluding hydrogens is 314 g/mol. The molecule has 22 heavy (non-hydrogen) atoms. The first-order chi connectivity index (χ1) is 10.2. The lowest BCUT2D eigenvalue weighted by Gasteiger charge is -2.18. The van der Waals surface area contributed by atoms with Gasteiger partial charge < -0.3 is 5.11 Å². The number of nitrogens with zero attached hydrogens (tertiary/aromatic N) is 2. The van der Waals surface area contributed by atoms with E-state index in [1.54, 1.807) is 4.90 Å². The lowest BCUT2D eigenvalue weighted by molar-refractivity contribution is 0.147. The SMILES string of the molecule is CN(C)S(=O)(=O)C[C@@H]1CN(Cc2c(F)cccc2F)C[C@@H]1O. The van der Waals surface area contributed by atoms with Gasteiger partial charge in [-0.1, -0.05) is 6.07 Å². The average Bonchev–Trinajstić information content (AvgIpc) is 2.74. The van der Waals surface area contributed by atoms with Crippen LogP contribution in [0.1, 0.15) is 5.56 Å². The normalized spacial score (nSPS) is 23.4. The van der Waals surface area contributed by atoms with Crippen molar-refractivity contribution in [3.05, 3.63) is 35.4 Å². The lowest BCUT2D eigenvalue weighted by Crippen LogP contribution is -2.33. The van der Waals surface area contributed by atoms with Crippen LogP contribution in [0.5, 0.6) is 0 Å². The molecule has 1 N–H and O–H groups in total. The number of sulfonamides is 1. The Bertz CT molecular complexity index is 617. The summed E-state index contributed by atoms with van der Waals surface area (Å²) in [5.41, 5.74) is -0.0641. The van der Waals surface area contributed by atoms with Gasteiger partial charge in [0.05, 0.1) is 11.9 Å². The zero-order valence-electron chi connectivity index (χ0n) is 12.5. The standard InChI is InChI=1S/C14H20F2N2O3S/c1-17(2)22(20,21)9-10-6-18(8-14(10)19)7-11-12(15)4-3-5-13(11)16/h3-5,10,14,19H,6-9H2,1-2H3/t10-,14-/m0/s1. The molecule has 1 fully saturated rings. The number of halogens is 2. The molecule has 0 radical (unpaired) electrons. The predicted octanol–water partition coefficient (Wildman–Crippen LogP) is 0.649. The van der Waals surface area contributed by atoms with Crippen molar-refractivity contribution in [3.8, 4) is 0 Å². The first-order valence-electron chi connectivity index (χ1n) is 6.94. The Morgan fingerprint density at radius 2 is 1.86 bits per heavy atom. The van der Waals surface area contributed by atoms with Crippen molar-refractivity contribution in [2.24, 2.45) is 5.92 Å². The average molecular weight is 334 g/mol. The second kappa shape index (κ2) is 6.57. The lowest BCUT2D eigenvalue weighted by atomic mass is 10.1. The van der Waals surface area contributed by atoms with E-state index >= 15 is 0 Å². The fourth-order valence-electron chi connectivity index (χ4n) is 2.56. The molecular formula is C14H20F2N2O3S. The molecule has 1 heterocycles. The second-order valence-corrected chi connectivity index (χ2v) is 8.01. The fourth-order valence-corrected chi connectivity index (χ4v) is 3.73. The summed E-state index contributed by atoms with van der Waals surface area (Å²) in [6.45, 7) is 0.484. The van der Waals surface area contributed by atoms with Gasteiger partial charge in [0.15, 0.2) is 0 Å². The molecule has 0 unspecified atom stereocenters. The van der Waals surface area contributed by atoms with E-state index in [1.807, 2.05) is 0 Å². The Labute approximate surface area is 129 Å².